The van der Waals surface area contributed by atoms with E-state index in [9.17, 15) is 4.39 Å². The minimum Gasteiger partial charge on any atom is -0.323 e. The molecule has 0 saturated heterocycles. The van der Waals surface area contributed by atoms with E-state index in [2.05, 4.69) is 14.9 Å². The standard InChI is InChI=1S/C15H17ClFN3/c16-11-6-7-13(17)14(10-11)19-15-18-8-9-20(15)12-4-2-1-3-5-12/h6-10,12H,1-5H2,(H,18,19). The SMILES string of the molecule is Fc1ccc(Cl)cc1Nc1nccn1C1CCCCC1. The number of nitrogens with one attached hydrogen (secondary N) is 1. The van der Waals surface area contributed by atoms with Crippen LogP contribution in [-0.2, 0) is 0 Å². The second-order valence-electron chi connectivity index (χ2n) is 5.20. The zero-order chi connectivity index (χ0) is 13.9. The van der Waals surface area contributed by atoms with E-state index in [1.807, 2.05) is 6.20 Å². The molecule has 1 aliphatic rings. The molecule has 3 nitrogen and oxygen atoms in total. The molecular formula is C15H17ClFN3. The second-order valence-corrected chi connectivity index (χ2v) is 5.64. The van der Waals surface area contributed by atoms with Crippen molar-refractivity contribution >= 4 is 23.2 Å². The molecule has 0 aliphatic heterocycles. The van der Waals surface area contributed by atoms with Crippen molar-refractivity contribution in [3.63, 3.8) is 0 Å². The third-order valence-corrected chi connectivity index (χ3v) is 4.05. The molecule has 106 valence electrons. The van der Waals surface area contributed by atoms with E-state index in [-0.39, 0.29) is 5.82 Å². The van der Waals surface area contributed by atoms with Crippen LogP contribution in [0.3, 0.4) is 0 Å². The lowest BCUT2D eigenvalue weighted by Crippen LogP contribution is -2.14. The molecule has 0 amide bonds. The topological polar surface area (TPSA) is 29.9 Å². The van der Waals surface area contributed by atoms with E-state index in [1.54, 1.807) is 12.3 Å². The fourth-order valence-electron chi connectivity index (χ4n) is 2.78. The molecule has 1 aliphatic carbocycles. The molecule has 5 heteroatoms. The minimum absolute atomic E-state index is 0.326. The predicted octanol–water partition coefficient (Wildman–Crippen LogP) is 4.92. The second kappa shape index (κ2) is 5.83. The highest BCUT2D eigenvalue weighted by atomic mass is 35.5. The third-order valence-electron chi connectivity index (χ3n) is 3.81. The molecule has 0 bridgehead atoms. The monoisotopic (exact) mass is 293 g/mol. The van der Waals surface area contributed by atoms with Gasteiger partial charge in [0, 0.05) is 23.5 Å². The summed E-state index contributed by atoms with van der Waals surface area (Å²) in [7, 11) is 0. The molecule has 1 N–H and O–H groups in total. The van der Waals surface area contributed by atoms with Crippen LogP contribution in [0.1, 0.15) is 38.1 Å². The summed E-state index contributed by atoms with van der Waals surface area (Å²) in [6.07, 6.45) is 9.81. The molecule has 1 aromatic heterocycles. The third kappa shape index (κ3) is 2.80. The van der Waals surface area contributed by atoms with Gasteiger partial charge in [0.25, 0.3) is 0 Å². The van der Waals surface area contributed by atoms with E-state index in [1.165, 1.54) is 31.4 Å². The maximum atomic E-state index is 13.8. The van der Waals surface area contributed by atoms with Crippen LogP contribution in [-0.4, -0.2) is 9.55 Å². The molecular weight excluding hydrogens is 277 g/mol. The Morgan fingerprint density at radius 2 is 2.05 bits per heavy atom. The number of hydrogen-bond acceptors (Lipinski definition) is 2. The Morgan fingerprint density at radius 1 is 1.25 bits per heavy atom. The van der Waals surface area contributed by atoms with Gasteiger partial charge in [-0.15, -0.1) is 0 Å². The summed E-state index contributed by atoms with van der Waals surface area (Å²) in [5.74, 6) is 0.352. The number of benzene rings is 1. The van der Waals surface area contributed by atoms with Gasteiger partial charge in [-0.25, -0.2) is 9.37 Å². The molecule has 0 spiro atoms. The number of aromatic nitrogens is 2. The summed E-state index contributed by atoms with van der Waals surface area (Å²) >= 11 is 5.91. The molecule has 2 aromatic rings. The van der Waals surface area contributed by atoms with Crippen molar-refractivity contribution in [1.82, 2.24) is 9.55 Å². The zero-order valence-corrected chi connectivity index (χ0v) is 11.9. The number of halogens is 2. The molecule has 3 rings (SSSR count). The average molecular weight is 294 g/mol. The van der Waals surface area contributed by atoms with Crippen LogP contribution in [0.2, 0.25) is 5.02 Å². The van der Waals surface area contributed by atoms with Gasteiger partial charge in [0.2, 0.25) is 5.95 Å². The van der Waals surface area contributed by atoms with Crippen LogP contribution >= 0.6 is 11.6 Å². The van der Waals surface area contributed by atoms with E-state index in [0.29, 0.717) is 22.7 Å². The lowest BCUT2D eigenvalue weighted by molar-refractivity contribution is 0.356. The fraction of sp³-hybridized carbons (Fsp3) is 0.400. The highest BCUT2D eigenvalue weighted by Gasteiger charge is 2.18. The maximum absolute atomic E-state index is 13.8. The van der Waals surface area contributed by atoms with E-state index in [4.69, 9.17) is 11.6 Å². The van der Waals surface area contributed by atoms with Crippen LogP contribution < -0.4 is 5.32 Å². The molecule has 1 heterocycles. The smallest absolute Gasteiger partial charge is 0.207 e. The summed E-state index contributed by atoms with van der Waals surface area (Å²) in [4.78, 5) is 4.30. The van der Waals surface area contributed by atoms with E-state index < -0.39 is 0 Å². The number of imidazole rings is 1. The number of hydrogen-bond donors (Lipinski definition) is 1. The first kappa shape index (κ1) is 13.4. The largest absolute Gasteiger partial charge is 0.323 e. The van der Waals surface area contributed by atoms with Crippen molar-refractivity contribution in [1.29, 1.82) is 0 Å². The van der Waals surface area contributed by atoms with Crippen molar-refractivity contribution in [2.24, 2.45) is 0 Å². The summed E-state index contributed by atoms with van der Waals surface area (Å²) in [6, 6.07) is 4.93. The van der Waals surface area contributed by atoms with Crippen LogP contribution in [0.4, 0.5) is 16.0 Å². The molecule has 1 saturated carbocycles. The van der Waals surface area contributed by atoms with Gasteiger partial charge in [0.15, 0.2) is 0 Å². The summed E-state index contributed by atoms with van der Waals surface area (Å²) in [5, 5.41) is 3.56. The molecule has 20 heavy (non-hydrogen) atoms. The summed E-state index contributed by atoms with van der Waals surface area (Å²) in [6.45, 7) is 0. The molecule has 0 radical (unpaired) electrons. The lowest BCUT2D eigenvalue weighted by atomic mass is 9.95. The Labute approximate surface area is 122 Å². The Morgan fingerprint density at radius 3 is 2.85 bits per heavy atom. The maximum Gasteiger partial charge on any atom is 0.207 e. The van der Waals surface area contributed by atoms with Gasteiger partial charge in [-0.1, -0.05) is 30.9 Å². The van der Waals surface area contributed by atoms with Crippen LogP contribution in [0, 0.1) is 5.82 Å². The normalized spacial score (nSPS) is 16.3. The number of anilines is 2. The van der Waals surface area contributed by atoms with E-state index >= 15 is 0 Å². The highest BCUT2D eigenvalue weighted by molar-refractivity contribution is 6.30. The molecule has 1 aromatic carbocycles. The molecule has 0 unspecified atom stereocenters. The Kier molecular flexibility index (Phi) is 3.92. The van der Waals surface area contributed by atoms with Crippen molar-refractivity contribution < 1.29 is 4.39 Å². The van der Waals surface area contributed by atoms with Crippen molar-refractivity contribution in [2.45, 2.75) is 38.1 Å². The first-order chi connectivity index (χ1) is 9.74. The van der Waals surface area contributed by atoms with Crippen molar-refractivity contribution in [3.05, 3.63) is 41.4 Å². The lowest BCUT2D eigenvalue weighted by Gasteiger charge is -2.24. The quantitative estimate of drug-likeness (QED) is 0.870. The van der Waals surface area contributed by atoms with Crippen LogP contribution in [0.15, 0.2) is 30.6 Å². The Bertz CT molecular complexity index is 591. The van der Waals surface area contributed by atoms with Crippen LogP contribution in [0.5, 0.6) is 0 Å². The first-order valence-corrected chi connectivity index (χ1v) is 7.37. The average Bonchev–Trinajstić information content (AvgIpc) is 2.92. The highest BCUT2D eigenvalue weighted by Crippen LogP contribution is 2.31. The summed E-state index contributed by atoms with van der Waals surface area (Å²) in [5.41, 5.74) is 0.362. The molecule has 0 atom stereocenters. The summed E-state index contributed by atoms with van der Waals surface area (Å²) < 4.78 is 15.9. The minimum atomic E-state index is -0.326. The first-order valence-electron chi connectivity index (χ1n) is 6.99. The van der Waals surface area contributed by atoms with Gasteiger partial charge in [-0.2, -0.15) is 0 Å². The van der Waals surface area contributed by atoms with Crippen LogP contribution in [0.25, 0.3) is 0 Å². The molecule has 1 fully saturated rings. The predicted molar refractivity (Wildman–Crippen MR) is 79.0 cm³/mol. The van der Waals surface area contributed by atoms with Gasteiger partial charge in [-0.3, -0.25) is 0 Å². The zero-order valence-electron chi connectivity index (χ0n) is 11.1. The number of nitrogens with zero attached hydrogens (tertiary/aromatic N) is 2. The van der Waals surface area contributed by atoms with Crippen molar-refractivity contribution in [2.75, 3.05) is 5.32 Å². The van der Waals surface area contributed by atoms with E-state index in [0.717, 1.165) is 12.8 Å². The van der Waals surface area contributed by atoms with Gasteiger partial charge >= 0.3 is 0 Å². The Hall–Kier alpha value is -1.55. The van der Waals surface area contributed by atoms with Gasteiger partial charge in [-0.05, 0) is 31.0 Å². The fourth-order valence-corrected chi connectivity index (χ4v) is 2.95. The Balaban J connectivity index is 1.84. The van der Waals surface area contributed by atoms with Gasteiger partial charge in [0.05, 0.1) is 5.69 Å². The number of rotatable bonds is 3. The van der Waals surface area contributed by atoms with Gasteiger partial charge in [0.1, 0.15) is 5.82 Å². The van der Waals surface area contributed by atoms with Crippen molar-refractivity contribution in [3.8, 4) is 0 Å². The van der Waals surface area contributed by atoms with Gasteiger partial charge < -0.3 is 9.88 Å².